The molecule has 6 heavy (non-hydrogen) atoms. The maximum atomic E-state index is 3.00. The van der Waals surface area contributed by atoms with Gasteiger partial charge in [-0.15, -0.1) is 13.2 Å². The van der Waals surface area contributed by atoms with E-state index < -0.39 is 0 Å². The van der Waals surface area contributed by atoms with Gasteiger partial charge in [0.1, 0.15) is 0 Å². The van der Waals surface area contributed by atoms with Crippen molar-refractivity contribution in [3.05, 3.63) is 13.2 Å². The molecule has 3 nitrogen and oxygen atoms in total. The zero-order chi connectivity index (χ0) is 2.00. The molecule has 3 N–H and O–H groups in total. The summed E-state index contributed by atoms with van der Waals surface area (Å²) in [6.07, 6.45) is 0. The molecular weight excluding hydrogens is 211 g/mol. The van der Waals surface area contributed by atoms with Crippen molar-refractivity contribution in [3.63, 3.8) is 0 Å². The Bertz CT molecular complexity index is 8.75. The molecule has 0 aromatic carbocycles. The minimum atomic E-state index is 0. The normalized spacial score (nSPS) is 0.667. The number of rotatable bonds is 0. The molecule has 0 aromatic rings. The minimum absolute atomic E-state index is 0. The van der Waals surface area contributed by atoms with E-state index in [1.807, 2.05) is 0 Å². The molecule has 36 valence electrons. The summed E-state index contributed by atoms with van der Waals surface area (Å²) in [5.74, 6) is 0. The van der Waals surface area contributed by atoms with Crippen LogP contribution in [0.5, 0.6) is 0 Å². The molecular formula is C2H7LaO3. The second-order valence-electron chi connectivity index (χ2n) is 0. The summed E-state index contributed by atoms with van der Waals surface area (Å²) in [7, 11) is 0. The number of hydrogen-bond acceptors (Lipinski definition) is 3. The first kappa shape index (κ1) is 70.0. The van der Waals surface area contributed by atoms with E-state index in [2.05, 4.69) is 13.2 Å². The molecule has 0 atom stereocenters. The van der Waals surface area contributed by atoms with E-state index in [-0.39, 0.29) is 52.0 Å². The van der Waals surface area contributed by atoms with Crippen molar-refractivity contribution in [3.8, 4) is 0 Å². The molecule has 0 aliphatic carbocycles. The average Bonchev–Trinajstić information content (AvgIpc) is 1.00. The molecule has 0 bridgehead atoms. The van der Waals surface area contributed by atoms with Crippen LogP contribution in [0.2, 0.25) is 0 Å². The Hall–Kier alpha value is 0.815. The van der Waals surface area contributed by atoms with Crippen LogP contribution in [0.15, 0.2) is 13.2 Å². The Morgan fingerprint density at radius 1 is 0.667 bits per heavy atom. The molecule has 0 rings (SSSR count). The minimum Gasteiger partial charge on any atom is -0.870 e. The zero-order valence-corrected chi connectivity index (χ0v) is 6.96. The Balaban J connectivity index is -0.000000000833. The molecule has 0 aliphatic heterocycles. The third-order valence-corrected chi connectivity index (χ3v) is 0. The van der Waals surface area contributed by atoms with Gasteiger partial charge in [-0.1, -0.05) is 0 Å². The maximum absolute atomic E-state index is 3.00. The van der Waals surface area contributed by atoms with Crippen LogP contribution in [-0.2, 0) is 0 Å². The molecule has 0 radical (unpaired) electrons. The van der Waals surface area contributed by atoms with Gasteiger partial charge < -0.3 is 16.4 Å². The van der Waals surface area contributed by atoms with Gasteiger partial charge in [0.05, 0.1) is 0 Å². The topological polar surface area (TPSA) is 90.0 Å². The van der Waals surface area contributed by atoms with Crippen molar-refractivity contribution < 1.29 is 52.0 Å². The fourth-order valence-corrected chi connectivity index (χ4v) is 0. The monoisotopic (exact) mass is 218 g/mol. The predicted molar refractivity (Wildman–Crippen MR) is 17.1 cm³/mol. The van der Waals surface area contributed by atoms with E-state index in [4.69, 9.17) is 0 Å². The SMILES string of the molecule is C=C.[La+3].[OH-].[OH-].[OH-]. The van der Waals surface area contributed by atoms with E-state index in [1.165, 1.54) is 0 Å². The third kappa shape index (κ3) is 106. The van der Waals surface area contributed by atoms with Gasteiger partial charge in [-0.05, 0) is 0 Å². The van der Waals surface area contributed by atoms with E-state index in [0.29, 0.717) is 0 Å². The van der Waals surface area contributed by atoms with Gasteiger partial charge in [-0.3, -0.25) is 0 Å². The standard InChI is InChI=1S/C2H4.La.3H2O/c1-2;;;;/h1-2H2;;3*1H2/q;+3;;;/p-3. The Kier molecular flexibility index (Phi) is 2370. The molecule has 0 saturated heterocycles. The fraction of sp³-hybridized carbons (Fsp3) is 0. The van der Waals surface area contributed by atoms with E-state index in [0.717, 1.165) is 0 Å². The first-order chi connectivity index (χ1) is 1.00. The average molecular weight is 218 g/mol. The van der Waals surface area contributed by atoms with Crippen molar-refractivity contribution >= 4 is 0 Å². The third-order valence-electron chi connectivity index (χ3n) is 0. The molecule has 4 heteroatoms. The molecule has 0 heterocycles. The van der Waals surface area contributed by atoms with Crippen LogP contribution in [0, 0.1) is 35.6 Å². The smallest absolute Gasteiger partial charge is 0.870 e. The quantitative estimate of drug-likeness (QED) is 0.546. The summed E-state index contributed by atoms with van der Waals surface area (Å²) in [5.41, 5.74) is 0. The fourth-order valence-electron chi connectivity index (χ4n) is 0. The van der Waals surface area contributed by atoms with Crippen LogP contribution >= 0.6 is 0 Å². The van der Waals surface area contributed by atoms with Crippen LogP contribution in [-0.4, -0.2) is 16.4 Å². The molecule has 0 spiro atoms. The summed E-state index contributed by atoms with van der Waals surface area (Å²) in [6.45, 7) is 6.00. The number of hydrogen-bond donors (Lipinski definition) is 0. The van der Waals surface area contributed by atoms with Crippen molar-refractivity contribution in [1.29, 1.82) is 0 Å². The van der Waals surface area contributed by atoms with Crippen LogP contribution < -0.4 is 0 Å². The summed E-state index contributed by atoms with van der Waals surface area (Å²) in [6, 6.07) is 0. The summed E-state index contributed by atoms with van der Waals surface area (Å²) >= 11 is 0. The van der Waals surface area contributed by atoms with Gasteiger partial charge in [0.15, 0.2) is 0 Å². The predicted octanol–water partition coefficient (Wildman–Crippen LogP) is 0.272. The molecule has 0 aromatic heterocycles. The summed E-state index contributed by atoms with van der Waals surface area (Å²) in [4.78, 5) is 0. The van der Waals surface area contributed by atoms with Crippen molar-refractivity contribution in [2.75, 3.05) is 0 Å². The molecule has 0 fully saturated rings. The van der Waals surface area contributed by atoms with Gasteiger partial charge in [-0.25, -0.2) is 0 Å². The first-order valence-electron chi connectivity index (χ1n) is 0.500. The van der Waals surface area contributed by atoms with Crippen LogP contribution in [0.1, 0.15) is 0 Å². The Labute approximate surface area is 65.0 Å². The maximum Gasteiger partial charge on any atom is 3.00 e. The Morgan fingerprint density at radius 2 is 0.667 bits per heavy atom. The first-order valence-corrected chi connectivity index (χ1v) is 0.500. The molecule has 0 aliphatic rings. The van der Waals surface area contributed by atoms with Crippen LogP contribution in [0.4, 0.5) is 0 Å². The summed E-state index contributed by atoms with van der Waals surface area (Å²) in [5, 5.41) is 0. The molecule has 0 saturated carbocycles. The molecule has 0 unspecified atom stereocenters. The Morgan fingerprint density at radius 3 is 0.667 bits per heavy atom. The molecule has 0 amide bonds. The van der Waals surface area contributed by atoms with Crippen LogP contribution in [0.25, 0.3) is 0 Å². The van der Waals surface area contributed by atoms with Gasteiger partial charge in [0.25, 0.3) is 0 Å². The van der Waals surface area contributed by atoms with E-state index in [9.17, 15) is 0 Å². The van der Waals surface area contributed by atoms with Crippen molar-refractivity contribution in [1.82, 2.24) is 0 Å². The van der Waals surface area contributed by atoms with Gasteiger partial charge in [0, 0.05) is 0 Å². The van der Waals surface area contributed by atoms with Gasteiger partial charge >= 0.3 is 35.6 Å². The second kappa shape index (κ2) is 203. The van der Waals surface area contributed by atoms with Crippen molar-refractivity contribution in [2.45, 2.75) is 0 Å². The zero-order valence-electron chi connectivity index (χ0n) is 3.33. The van der Waals surface area contributed by atoms with E-state index in [1.54, 1.807) is 0 Å². The van der Waals surface area contributed by atoms with Gasteiger partial charge in [-0.2, -0.15) is 0 Å². The summed E-state index contributed by atoms with van der Waals surface area (Å²) < 4.78 is 0. The largest absolute Gasteiger partial charge is 3.00 e. The van der Waals surface area contributed by atoms with Gasteiger partial charge in [0.2, 0.25) is 0 Å². The van der Waals surface area contributed by atoms with Crippen LogP contribution in [0.3, 0.4) is 0 Å². The van der Waals surface area contributed by atoms with E-state index >= 15 is 0 Å². The van der Waals surface area contributed by atoms with Crippen molar-refractivity contribution in [2.24, 2.45) is 0 Å². The second-order valence-corrected chi connectivity index (χ2v) is 0.